The van der Waals surface area contributed by atoms with Crippen LogP contribution in [0.3, 0.4) is 0 Å². The molecule has 1 unspecified atom stereocenters. The van der Waals surface area contributed by atoms with Crippen LogP contribution in [0.5, 0.6) is 0 Å². The summed E-state index contributed by atoms with van der Waals surface area (Å²) in [5, 5.41) is 3.59. The fourth-order valence-electron chi connectivity index (χ4n) is 2.01. The molecule has 0 heterocycles. The average Bonchev–Trinajstić information content (AvgIpc) is 2.24. The van der Waals surface area contributed by atoms with E-state index in [1.807, 2.05) is 12.1 Å². The van der Waals surface area contributed by atoms with Gasteiger partial charge in [0.05, 0.1) is 0 Å². The molecule has 0 bridgehead atoms. The predicted octanol–water partition coefficient (Wildman–Crippen LogP) is 4.55. The molecule has 0 aliphatic carbocycles. The standard InChI is InChI=1S/C16H26FN/c1-12(2)15(18-11-10-16(3,4)5)13-6-8-14(17)9-7-13/h6-9,12,15,18H,10-11H2,1-5H3. The number of nitrogens with one attached hydrogen (secondary N) is 1. The summed E-state index contributed by atoms with van der Waals surface area (Å²) in [6.45, 7) is 12.1. The lowest BCUT2D eigenvalue weighted by molar-refractivity contribution is 0.333. The van der Waals surface area contributed by atoms with Crippen molar-refractivity contribution >= 4 is 0 Å². The zero-order chi connectivity index (χ0) is 13.8. The Morgan fingerprint density at radius 3 is 2.11 bits per heavy atom. The molecular formula is C16H26FN. The van der Waals surface area contributed by atoms with Crippen molar-refractivity contribution in [3.05, 3.63) is 35.6 Å². The van der Waals surface area contributed by atoms with Gasteiger partial charge in [-0.2, -0.15) is 0 Å². The highest BCUT2D eigenvalue weighted by molar-refractivity contribution is 5.20. The first-order valence-corrected chi connectivity index (χ1v) is 6.78. The minimum atomic E-state index is -0.170. The highest BCUT2D eigenvalue weighted by Crippen LogP contribution is 2.23. The maximum absolute atomic E-state index is 12.9. The summed E-state index contributed by atoms with van der Waals surface area (Å²) in [6.07, 6.45) is 1.14. The van der Waals surface area contributed by atoms with Crippen LogP contribution in [-0.4, -0.2) is 6.54 Å². The highest BCUT2D eigenvalue weighted by Gasteiger charge is 2.16. The van der Waals surface area contributed by atoms with E-state index in [1.54, 1.807) is 0 Å². The van der Waals surface area contributed by atoms with Crippen LogP contribution in [0.2, 0.25) is 0 Å². The molecule has 1 nitrogen and oxygen atoms in total. The molecule has 1 N–H and O–H groups in total. The van der Waals surface area contributed by atoms with E-state index in [0.717, 1.165) is 13.0 Å². The Bertz CT molecular complexity index is 348. The SMILES string of the molecule is CC(C)C(NCCC(C)(C)C)c1ccc(F)cc1. The van der Waals surface area contributed by atoms with E-state index in [9.17, 15) is 4.39 Å². The lowest BCUT2D eigenvalue weighted by Crippen LogP contribution is -2.28. The van der Waals surface area contributed by atoms with Crippen LogP contribution in [0.15, 0.2) is 24.3 Å². The molecule has 1 aromatic carbocycles. The molecule has 0 aliphatic heterocycles. The quantitative estimate of drug-likeness (QED) is 0.809. The first kappa shape index (κ1) is 15.2. The number of halogens is 1. The lowest BCUT2D eigenvalue weighted by atomic mass is 9.91. The van der Waals surface area contributed by atoms with Crippen molar-refractivity contribution < 1.29 is 4.39 Å². The second-order valence-electron chi connectivity index (χ2n) is 6.54. The van der Waals surface area contributed by atoms with Gasteiger partial charge in [-0.3, -0.25) is 0 Å². The van der Waals surface area contributed by atoms with E-state index in [4.69, 9.17) is 0 Å². The molecule has 0 saturated carbocycles. The maximum Gasteiger partial charge on any atom is 0.123 e. The second kappa shape index (κ2) is 6.33. The summed E-state index contributed by atoms with van der Waals surface area (Å²) in [4.78, 5) is 0. The van der Waals surface area contributed by atoms with Crippen LogP contribution in [0.25, 0.3) is 0 Å². The smallest absolute Gasteiger partial charge is 0.123 e. The van der Waals surface area contributed by atoms with Gasteiger partial charge in [-0.25, -0.2) is 4.39 Å². The van der Waals surface area contributed by atoms with Gasteiger partial charge in [0.1, 0.15) is 5.82 Å². The van der Waals surface area contributed by atoms with E-state index in [2.05, 4.69) is 39.9 Å². The van der Waals surface area contributed by atoms with Crippen molar-refractivity contribution in [1.82, 2.24) is 5.32 Å². The van der Waals surface area contributed by atoms with Crippen molar-refractivity contribution in [2.45, 2.75) is 47.1 Å². The van der Waals surface area contributed by atoms with Crippen molar-refractivity contribution in [3.63, 3.8) is 0 Å². The lowest BCUT2D eigenvalue weighted by Gasteiger charge is -2.25. The summed E-state index contributed by atoms with van der Waals surface area (Å²) in [6, 6.07) is 7.13. The van der Waals surface area contributed by atoms with Crippen LogP contribution in [0.1, 0.15) is 52.6 Å². The van der Waals surface area contributed by atoms with Crippen LogP contribution in [0, 0.1) is 17.2 Å². The second-order valence-corrected chi connectivity index (χ2v) is 6.54. The number of hydrogen-bond acceptors (Lipinski definition) is 1. The van der Waals surface area contributed by atoms with Crippen molar-refractivity contribution in [2.75, 3.05) is 6.54 Å². The summed E-state index contributed by atoms with van der Waals surface area (Å²) < 4.78 is 12.9. The molecule has 2 heteroatoms. The van der Waals surface area contributed by atoms with Crippen molar-refractivity contribution in [2.24, 2.45) is 11.3 Å². The van der Waals surface area contributed by atoms with Gasteiger partial charge in [-0.05, 0) is 42.0 Å². The van der Waals surface area contributed by atoms with Gasteiger partial charge in [-0.15, -0.1) is 0 Å². The molecule has 1 atom stereocenters. The normalized spacial score (nSPS) is 13.9. The van der Waals surface area contributed by atoms with Crippen LogP contribution in [0.4, 0.5) is 4.39 Å². The Labute approximate surface area is 111 Å². The van der Waals surface area contributed by atoms with E-state index < -0.39 is 0 Å². The first-order valence-electron chi connectivity index (χ1n) is 6.78. The van der Waals surface area contributed by atoms with Gasteiger partial charge >= 0.3 is 0 Å². The zero-order valence-corrected chi connectivity index (χ0v) is 12.3. The fourth-order valence-corrected chi connectivity index (χ4v) is 2.01. The van der Waals surface area contributed by atoms with Crippen LogP contribution >= 0.6 is 0 Å². The molecule has 1 rings (SSSR count). The Hall–Kier alpha value is -0.890. The van der Waals surface area contributed by atoms with Crippen molar-refractivity contribution in [3.8, 4) is 0 Å². The minimum Gasteiger partial charge on any atom is -0.310 e. The molecule has 0 saturated heterocycles. The third-order valence-electron chi connectivity index (χ3n) is 3.14. The predicted molar refractivity (Wildman–Crippen MR) is 76.1 cm³/mol. The molecular weight excluding hydrogens is 225 g/mol. The van der Waals surface area contributed by atoms with Crippen molar-refractivity contribution in [1.29, 1.82) is 0 Å². The molecule has 0 aliphatic rings. The molecule has 0 fully saturated rings. The van der Waals surface area contributed by atoms with E-state index in [-0.39, 0.29) is 5.82 Å². The van der Waals surface area contributed by atoms with E-state index >= 15 is 0 Å². The first-order chi connectivity index (χ1) is 8.29. The van der Waals surface area contributed by atoms with Gasteiger partial charge in [0.2, 0.25) is 0 Å². The zero-order valence-electron chi connectivity index (χ0n) is 12.3. The maximum atomic E-state index is 12.9. The summed E-state index contributed by atoms with van der Waals surface area (Å²) >= 11 is 0. The van der Waals surface area contributed by atoms with Gasteiger partial charge in [0.25, 0.3) is 0 Å². The minimum absolute atomic E-state index is 0.170. The monoisotopic (exact) mass is 251 g/mol. The number of benzene rings is 1. The fraction of sp³-hybridized carbons (Fsp3) is 0.625. The summed E-state index contributed by atoms with van der Waals surface area (Å²) in [7, 11) is 0. The number of rotatable bonds is 5. The molecule has 0 aromatic heterocycles. The summed E-state index contributed by atoms with van der Waals surface area (Å²) in [5.74, 6) is 0.325. The van der Waals surface area contributed by atoms with Gasteiger partial charge in [0, 0.05) is 6.04 Å². The molecule has 0 spiro atoms. The number of hydrogen-bond donors (Lipinski definition) is 1. The van der Waals surface area contributed by atoms with Crippen LogP contribution < -0.4 is 5.32 Å². The molecule has 1 aromatic rings. The van der Waals surface area contributed by atoms with Gasteiger partial charge in [-0.1, -0.05) is 46.8 Å². The Kier molecular flexibility index (Phi) is 5.33. The highest BCUT2D eigenvalue weighted by atomic mass is 19.1. The van der Waals surface area contributed by atoms with Crippen LogP contribution in [-0.2, 0) is 0 Å². The third-order valence-corrected chi connectivity index (χ3v) is 3.14. The topological polar surface area (TPSA) is 12.0 Å². The van der Waals surface area contributed by atoms with E-state index in [1.165, 1.54) is 17.7 Å². The molecule has 0 radical (unpaired) electrons. The van der Waals surface area contributed by atoms with Gasteiger partial charge in [0.15, 0.2) is 0 Å². The average molecular weight is 251 g/mol. The Balaban J connectivity index is 2.63. The molecule has 102 valence electrons. The molecule has 0 amide bonds. The Morgan fingerprint density at radius 2 is 1.67 bits per heavy atom. The van der Waals surface area contributed by atoms with E-state index in [0.29, 0.717) is 17.4 Å². The summed E-state index contributed by atoms with van der Waals surface area (Å²) in [5.41, 5.74) is 1.51. The molecule has 18 heavy (non-hydrogen) atoms. The Morgan fingerprint density at radius 1 is 1.11 bits per heavy atom. The van der Waals surface area contributed by atoms with Gasteiger partial charge < -0.3 is 5.32 Å². The third kappa shape index (κ3) is 5.18. The largest absolute Gasteiger partial charge is 0.310 e.